The third-order valence-corrected chi connectivity index (χ3v) is 2.41. The molecule has 0 heterocycles. The van der Waals surface area contributed by atoms with Gasteiger partial charge in [-0.05, 0) is 29.9 Å². The summed E-state index contributed by atoms with van der Waals surface area (Å²) in [4.78, 5) is 0. The first kappa shape index (κ1) is 12.3. The van der Waals surface area contributed by atoms with Crippen LogP contribution in [0.1, 0.15) is 18.1 Å². The lowest BCUT2D eigenvalue weighted by atomic mass is 10.0. The first-order chi connectivity index (χ1) is 7.06. The Labute approximate surface area is 93.1 Å². The second-order valence-electron chi connectivity index (χ2n) is 3.31. The summed E-state index contributed by atoms with van der Waals surface area (Å²) in [5.41, 5.74) is 5.72. The minimum atomic E-state index is -1.06. The molecule has 0 aliphatic heterocycles. The SMILES string of the molecule is Nc1cc(C(O)C(O)CCS)ccc1F. The fourth-order valence-electron chi connectivity index (χ4n) is 1.26. The monoisotopic (exact) mass is 231 g/mol. The smallest absolute Gasteiger partial charge is 0.146 e. The van der Waals surface area contributed by atoms with Crippen molar-refractivity contribution < 1.29 is 14.6 Å². The summed E-state index contributed by atoms with van der Waals surface area (Å²) in [6.45, 7) is 0. The maximum Gasteiger partial charge on any atom is 0.146 e. The quantitative estimate of drug-likeness (QED) is 0.464. The van der Waals surface area contributed by atoms with Crippen molar-refractivity contribution >= 4 is 18.3 Å². The van der Waals surface area contributed by atoms with E-state index < -0.39 is 18.0 Å². The molecule has 0 radical (unpaired) electrons. The second kappa shape index (κ2) is 5.34. The molecule has 5 heteroatoms. The van der Waals surface area contributed by atoms with Gasteiger partial charge in [-0.3, -0.25) is 0 Å². The molecule has 2 atom stereocenters. The van der Waals surface area contributed by atoms with Crippen molar-refractivity contribution in [1.29, 1.82) is 0 Å². The summed E-state index contributed by atoms with van der Waals surface area (Å²) in [6.07, 6.45) is -1.60. The molecule has 0 fully saturated rings. The molecule has 4 N–H and O–H groups in total. The predicted octanol–water partition coefficient (Wildman–Crippen LogP) is 1.12. The summed E-state index contributed by atoms with van der Waals surface area (Å²) in [5.74, 6) is -0.0656. The Bertz CT molecular complexity index is 335. The Balaban J connectivity index is 2.81. The molecule has 84 valence electrons. The van der Waals surface area contributed by atoms with Gasteiger partial charge in [-0.15, -0.1) is 0 Å². The van der Waals surface area contributed by atoms with E-state index in [1.165, 1.54) is 18.2 Å². The Morgan fingerprint density at radius 3 is 2.60 bits per heavy atom. The molecule has 0 saturated heterocycles. The average molecular weight is 231 g/mol. The molecule has 1 aromatic carbocycles. The Hall–Kier alpha value is -0.780. The van der Waals surface area contributed by atoms with Gasteiger partial charge in [0.05, 0.1) is 11.8 Å². The molecule has 0 aromatic heterocycles. The van der Waals surface area contributed by atoms with Crippen molar-refractivity contribution in [2.24, 2.45) is 0 Å². The number of aliphatic hydroxyl groups is 2. The lowest BCUT2D eigenvalue weighted by molar-refractivity contribution is 0.0172. The second-order valence-corrected chi connectivity index (χ2v) is 3.75. The zero-order valence-electron chi connectivity index (χ0n) is 8.10. The minimum absolute atomic E-state index is 0.0374. The number of halogens is 1. The molecule has 0 aliphatic rings. The van der Waals surface area contributed by atoms with E-state index in [9.17, 15) is 14.6 Å². The van der Waals surface area contributed by atoms with Gasteiger partial charge in [0.1, 0.15) is 11.9 Å². The molecule has 0 bridgehead atoms. The lowest BCUT2D eigenvalue weighted by Crippen LogP contribution is -2.18. The van der Waals surface area contributed by atoms with Crippen LogP contribution in [0.15, 0.2) is 18.2 Å². The fourth-order valence-corrected chi connectivity index (χ4v) is 1.52. The van der Waals surface area contributed by atoms with Gasteiger partial charge < -0.3 is 15.9 Å². The van der Waals surface area contributed by atoms with Crippen LogP contribution >= 0.6 is 12.6 Å². The zero-order chi connectivity index (χ0) is 11.4. The molecule has 1 aromatic rings. The number of aliphatic hydroxyl groups excluding tert-OH is 2. The Morgan fingerprint density at radius 2 is 2.07 bits per heavy atom. The normalized spacial score (nSPS) is 14.9. The Morgan fingerprint density at radius 1 is 1.40 bits per heavy atom. The molecule has 0 aliphatic carbocycles. The third kappa shape index (κ3) is 3.09. The molecule has 3 nitrogen and oxygen atoms in total. The first-order valence-corrected chi connectivity index (χ1v) is 5.21. The van der Waals surface area contributed by atoms with Crippen molar-refractivity contribution in [2.75, 3.05) is 11.5 Å². The van der Waals surface area contributed by atoms with Gasteiger partial charge >= 0.3 is 0 Å². The first-order valence-electron chi connectivity index (χ1n) is 4.58. The van der Waals surface area contributed by atoms with Gasteiger partial charge in [0.15, 0.2) is 0 Å². The van der Waals surface area contributed by atoms with Crippen LogP contribution in [0.5, 0.6) is 0 Å². The molecular formula is C10H14FNO2S. The fraction of sp³-hybridized carbons (Fsp3) is 0.400. The minimum Gasteiger partial charge on any atom is -0.396 e. The molecular weight excluding hydrogens is 217 g/mol. The van der Waals surface area contributed by atoms with E-state index >= 15 is 0 Å². The van der Waals surface area contributed by atoms with E-state index in [0.717, 1.165) is 0 Å². The highest BCUT2D eigenvalue weighted by molar-refractivity contribution is 7.80. The van der Waals surface area contributed by atoms with Crippen molar-refractivity contribution in [1.82, 2.24) is 0 Å². The maximum atomic E-state index is 12.8. The number of nitrogen functional groups attached to an aromatic ring is 1. The Kier molecular flexibility index (Phi) is 4.38. The summed E-state index contributed by atoms with van der Waals surface area (Å²) in [7, 11) is 0. The summed E-state index contributed by atoms with van der Waals surface area (Å²) < 4.78 is 12.8. The summed E-state index contributed by atoms with van der Waals surface area (Å²) >= 11 is 3.95. The van der Waals surface area contributed by atoms with Crippen LogP contribution in [0.2, 0.25) is 0 Å². The van der Waals surface area contributed by atoms with Gasteiger partial charge in [-0.2, -0.15) is 12.6 Å². The van der Waals surface area contributed by atoms with Crippen LogP contribution in [0, 0.1) is 5.82 Å². The van der Waals surface area contributed by atoms with Crippen molar-refractivity contribution in [3.05, 3.63) is 29.6 Å². The predicted molar refractivity (Wildman–Crippen MR) is 60.2 cm³/mol. The summed E-state index contributed by atoms with van der Waals surface area (Å²) in [6, 6.07) is 3.89. The molecule has 15 heavy (non-hydrogen) atoms. The number of rotatable bonds is 4. The molecule has 1 rings (SSSR count). The number of nitrogens with two attached hydrogens (primary N) is 1. The van der Waals surface area contributed by atoms with Gasteiger partial charge in [-0.1, -0.05) is 6.07 Å². The van der Waals surface area contributed by atoms with E-state index in [0.29, 0.717) is 17.7 Å². The van der Waals surface area contributed by atoms with Crippen LogP contribution in [0.3, 0.4) is 0 Å². The van der Waals surface area contributed by atoms with Crippen molar-refractivity contribution in [2.45, 2.75) is 18.6 Å². The topological polar surface area (TPSA) is 66.5 Å². The van der Waals surface area contributed by atoms with E-state index in [1.807, 2.05) is 0 Å². The van der Waals surface area contributed by atoms with E-state index in [2.05, 4.69) is 12.6 Å². The molecule has 2 unspecified atom stereocenters. The van der Waals surface area contributed by atoms with Crippen LogP contribution in [-0.4, -0.2) is 22.1 Å². The number of thiol groups is 1. The largest absolute Gasteiger partial charge is 0.396 e. The molecule has 0 spiro atoms. The maximum absolute atomic E-state index is 12.8. The van der Waals surface area contributed by atoms with Crippen molar-refractivity contribution in [3.63, 3.8) is 0 Å². The van der Waals surface area contributed by atoms with Gasteiger partial charge in [0, 0.05) is 0 Å². The highest BCUT2D eigenvalue weighted by Gasteiger charge is 2.18. The van der Waals surface area contributed by atoms with Crippen LogP contribution in [0.4, 0.5) is 10.1 Å². The standard InChI is InChI=1S/C10H14FNO2S/c11-7-2-1-6(5-8(7)12)10(14)9(13)3-4-15/h1-2,5,9-10,13-15H,3-4,12H2. The van der Waals surface area contributed by atoms with Gasteiger partial charge in [0.25, 0.3) is 0 Å². The zero-order valence-corrected chi connectivity index (χ0v) is 8.99. The number of hydrogen-bond donors (Lipinski definition) is 4. The number of benzene rings is 1. The highest BCUT2D eigenvalue weighted by atomic mass is 32.1. The average Bonchev–Trinajstić information content (AvgIpc) is 2.21. The van der Waals surface area contributed by atoms with Crippen LogP contribution in [0.25, 0.3) is 0 Å². The van der Waals surface area contributed by atoms with Gasteiger partial charge in [-0.25, -0.2) is 4.39 Å². The van der Waals surface area contributed by atoms with Crippen LogP contribution in [-0.2, 0) is 0 Å². The van der Waals surface area contributed by atoms with E-state index in [4.69, 9.17) is 5.73 Å². The summed E-state index contributed by atoms with van der Waals surface area (Å²) in [5, 5.41) is 19.2. The van der Waals surface area contributed by atoms with Gasteiger partial charge in [0.2, 0.25) is 0 Å². The van der Waals surface area contributed by atoms with E-state index in [-0.39, 0.29) is 5.69 Å². The molecule has 0 saturated carbocycles. The highest BCUT2D eigenvalue weighted by Crippen LogP contribution is 2.22. The number of anilines is 1. The third-order valence-electron chi connectivity index (χ3n) is 2.15. The lowest BCUT2D eigenvalue weighted by Gasteiger charge is -2.17. The van der Waals surface area contributed by atoms with Crippen LogP contribution < -0.4 is 5.73 Å². The van der Waals surface area contributed by atoms with E-state index in [1.54, 1.807) is 0 Å². The number of hydrogen-bond acceptors (Lipinski definition) is 4. The van der Waals surface area contributed by atoms with Crippen molar-refractivity contribution in [3.8, 4) is 0 Å². The molecule has 0 amide bonds.